The number of carboxylic acids is 1. The predicted octanol–water partition coefficient (Wildman–Crippen LogP) is 21.7. The minimum Gasteiger partial charge on any atom is -0.478 e. The number of nitrogens with zero attached hydrogens (tertiary/aromatic N) is 8. The molecule has 4 heterocycles. The fourth-order valence-corrected chi connectivity index (χ4v) is 16.2. The lowest BCUT2D eigenvalue weighted by Crippen LogP contribution is -2.41. The first-order valence-electron chi connectivity index (χ1n) is 45.8. The molecule has 12 rings (SSSR count). The van der Waals surface area contributed by atoms with Crippen molar-refractivity contribution >= 4 is 80.2 Å². The molecule has 23 heteroatoms. The van der Waals surface area contributed by atoms with Gasteiger partial charge in [0.1, 0.15) is 0 Å². The van der Waals surface area contributed by atoms with E-state index in [0.29, 0.717) is 33.5 Å². The topological polar surface area (TPSA) is 230 Å². The van der Waals surface area contributed by atoms with E-state index in [4.69, 9.17) is 33.7 Å². The van der Waals surface area contributed by atoms with Gasteiger partial charge in [0.25, 0.3) is 23.6 Å². The third-order valence-electron chi connectivity index (χ3n) is 22.4. The number of halogens is 2. The second-order valence-corrected chi connectivity index (χ2v) is 33.3. The Morgan fingerprint density at radius 3 is 0.797 bits per heavy atom. The normalized spacial score (nSPS) is 14.8. The maximum Gasteiger partial charge on any atom is 0.337 e. The Hall–Kier alpha value is -9.45. The number of amides is 4. The van der Waals surface area contributed by atoms with Crippen LogP contribution in [0.4, 0.5) is 11.4 Å². The van der Waals surface area contributed by atoms with Gasteiger partial charge in [0.05, 0.1) is 29.8 Å². The Kier molecular flexibility index (Phi) is 56.7. The molecule has 0 aromatic heterocycles. The Morgan fingerprint density at radius 1 is 0.352 bits per heavy atom. The zero-order valence-corrected chi connectivity index (χ0v) is 85.8. The van der Waals surface area contributed by atoms with Gasteiger partial charge in [-0.1, -0.05) is 208 Å². The number of carboxylic acid groups (broad SMARTS) is 1. The number of esters is 1. The molecule has 8 aromatic rings. The fourth-order valence-electron chi connectivity index (χ4n) is 15.7. The monoisotopic (exact) mass is 1820 g/mol. The minimum atomic E-state index is -3.34. The van der Waals surface area contributed by atoms with Crippen molar-refractivity contribution in [2.24, 2.45) is 0 Å². The van der Waals surface area contributed by atoms with Crippen LogP contribution >= 0.6 is 23.2 Å². The molecule has 4 N–H and O–H groups in total. The summed E-state index contributed by atoms with van der Waals surface area (Å²) in [4.78, 5) is 88.0. The van der Waals surface area contributed by atoms with E-state index in [-0.39, 0.29) is 56.6 Å². The van der Waals surface area contributed by atoms with Crippen molar-refractivity contribution in [1.29, 1.82) is 0 Å². The molecule has 8 aromatic carbocycles. The van der Waals surface area contributed by atoms with Crippen molar-refractivity contribution in [2.75, 3.05) is 166 Å². The van der Waals surface area contributed by atoms with Crippen LogP contribution in [0, 0.1) is 0 Å². The number of rotatable bonds is 16. The zero-order valence-electron chi connectivity index (χ0n) is 83.4. The van der Waals surface area contributed by atoms with Crippen LogP contribution < -0.4 is 10.5 Å². The molecule has 128 heavy (non-hydrogen) atoms. The summed E-state index contributed by atoms with van der Waals surface area (Å²) >= 11 is 9.53. The van der Waals surface area contributed by atoms with Crippen molar-refractivity contribution < 1.29 is 47.0 Å². The van der Waals surface area contributed by atoms with E-state index < -0.39 is 16.0 Å². The molecule has 0 bridgehead atoms. The van der Waals surface area contributed by atoms with Crippen LogP contribution in [0.15, 0.2) is 194 Å². The summed E-state index contributed by atoms with van der Waals surface area (Å²) in [5, 5.41) is 9.60. The molecule has 4 aliphatic heterocycles. The summed E-state index contributed by atoms with van der Waals surface area (Å²) in [6.45, 7) is 39.8. The van der Waals surface area contributed by atoms with Gasteiger partial charge in [0.2, 0.25) is 10.0 Å². The van der Waals surface area contributed by atoms with E-state index in [0.717, 1.165) is 149 Å². The lowest BCUT2D eigenvalue weighted by atomic mass is 9.67. The third-order valence-corrected chi connectivity index (χ3v) is 23.0. The van der Waals surface area contributed by atoms with Gasteiger partial charge in [0.15, 0.2) is 0 Å². The standard InChI is InChI=1S/C23H28N2O3.C22H29N3O3S.C22H26N2O3.C21H27N3O.8C2H6.CH2Cl2/c1-24(2)21(26)17-8-10-19(11-9-17)23(12-14-25(3)15-13-23)20-7-5-6-18(16-20)22(27)28-4;1-24(2)21(26)17-8-10-18(11-9-17)22(12-14-25(3)15-13-22)19-6-5-7-20(16-19)23-29(4,27)28;1-23(2)20(25)16-7-9-18(10-8-16)22(11-13-24(3)14-12-22)19-6-4-5-17(15-19)21(26)27;1-23(2)20(25)16-7-9-17(10-8-16)21(11-13-24(3)14-12-21)18-5-4-6-19(22)15-18;8*1-2;2-1-3/h5-11,16H,12-15H2,1-4H3;5-11,16,23H,12-15H2,1-4H3;4-10,15H,11-14H2,1-3H3,(H,26,27);4-10,15H,11-14,22H2,1-3H3;8*1-2H3;1H2. The Morgan fingerprint density at radius 2 is 0.570 bits per heavy atom. The van der Waals surface area contributed by atoms with E-state index >= 15 is 0 Å². The van der Waals surface area contributed by atoms with Crippen molar-refractivity contribution in [1.82, 2.24) is 39.2 Å². The molecule has 4 saturated heterocycles. The van der Waals surface area contributed by atoms with Crippen LogP contribution in [0.1, 0.15) is 269 Å². The Bertz CT molecular complexity index is 4610. The summed E-state index contributed by atoms with van der Waals surface area (Å²) in [6, 6.07) is 62.7. The number of nitrogen functional groups attached to an aromatic ring is 1. The lowest BCUT2D eigenvalue weighted by Gasteiger charge is -2.42. The number of benzene rings is 8. The number of sulfonamides is 1. The number of methoxy groups -OCH3 is 1. The number of anilines is 2. The largest absolute Gasteiger partial charge is 0.478 e. The molecule has 4 fully saturated rings. The van der Waals surface area contributed by atoms with Crippen molar-refractivity contribution in [3.05, 3.63) is 272 Å². The first kappa shape index (κ1) is 119. The molecule has 0 aliphatic carbocycles. The number of piperidine rings is 4. The fraction of sp³-hybridized carbons (Fsp3) is 0.486. The van der Waals surface area contributed by atoms with Gasteiger partial charge < -0.3 is 54.8 Å². The number of ether oxygens (including phenoxy) is 1. The number of nitrogens with one attached hydrogen (secondary N) is 1. The van der Waals surface area contributed by atoms with Gasteiger partial charge in [-0.2, -0.15) is 0 Å². The van der Waals surface area contributed by atoms with Crippen LogP contribution in [-0.2, 0) is 36.4 Å². The number of aromatic carboxylic acids is 1. The number of hydrogen-bond donors (Lipinski definition) is 3. The van der Waals surface area contributed by atoms with Gasteiger partial charge >= 0.3 is 11.9 Å². The highest BCUT2D eigenvalue weighted by Gasteiger charge is 2.42. The number of likely N-dealkylation sites (tertiary alicyclic amines) is 4. The van der Waals surface area contributed by atoms with E-state index in [2.05, 4.69) is 101 Å². The molecule has 0 saturated carbocycles. The predicted molar refractivity (Wildman–Crippen MR) is 542 cm³/mol. The molecule has 4 amide bonds. The first-order chi connectivity index (χ1) is 61.1. The molecule has 0 unspecified atom stereocenters. The zero-order chi connectivity index (χ0) is 97.9. The van der Waals surface area contributed by atoms with Crippen molar-refractivity contribution in [3.63, 3.8) is 0 Å². The van der Waals surface area contributed by atoms with E-state index in [1.54, 1.807) is 100 Å². The summed E-state index contributed by atoms with van der Waals surface area (Å²) in [5.41, 5.74) is 19.6. The molecule has 710 valence electrons. The second-order valence-electron chi connectivity index (χ2n) is 30.8. The maximum absolute atomic E-state index is 12.3. The molecule has 0 spiro atoms. The molecular formula is C105H160Cl2N10O10S. The third kappa shape index (κ3) is 34.1. The van der Waals surface area contributed by atoms with Gasteiger partial charge in [0, 0.05) is 112 Å². The molecule has 0 atom stereocenters. The number of nitrogens with two attached hydrogens (primary N) is 1. The maximum atomic E-state index is 12.3. The highest BCUT2D eigenvalue weighted by atomic mass is 35.5. The second kappa shape index (κ2) is 61.2. The van der Waals surface area contributed by atoms with Crippen molar-refractivity contribution in [3.8, 4) is 0 Å². The van der Waals surface area contributed by atoms with Gasteiger partial charge in [-0.25, -0.2) is 18.0 Å². The number of carbonyl (C=O) groups excluding carboxylic acids is 5. The van der Waals surface area contributed by atoms with Crippen LogP contribution in [0.2, 0.25) is 0 Å². The van der Waals surface area contributed by atoms with Crippen LogP contribution in [0.25, 0.3) is 0 Å². The summed E-state index contributed by atoms with van der Waals surface area (Å²) in [5.74, 6) is -1.24. The average Bonchev–Trinajstić information content (AvgIpc) is 0.777. The summed E-state index contributed by atoms with van der Waals surface area (Å²) in [7, 11) is 20.6. The number of alkyl halides is 2. The van der Waals surface area contributed by atoms with Crippen LogP contribution in [-0.4, -0.2) is 244 Å². The Balaban J connectivity index is 0.00000158. The van der Waals surface area contributed by atoms with Gasteiger partial charge in [-0.05, 0) is 273 Å². The highest BCUT2D eigenvalue weighted by molar-refractivity contribution is 7.92. The number of hydrogen-bond acceptors (Lipinski definition) is 14. The quantitative estimate of drug-likeness (QED) is 0.0464. The first-order valence-corrected chi connectivity index (χ1v) is 48.7. The summed E-state index contributed by atoms with van der Waals surface area (Å²) in [6.07, 6.45) is 8.83. The molecule has 0 radical (unpaired) electrons. The lowest BCUT2D eigenvalue weighted by molar-refractivity contribution is 0.0598. The van der Waals surface area contributed by atoms with Gasteiger partial charge in [-0.3, -0.25) is 23.9 Å². The van der Waals surface area contributed by atoms with Crippen LogP contribution in [0.5, 0.6) is 0 Å². The highest BCUT2D eigenvalue weighted by Crippen LogP contribution is 2.47. The molecule has 4 aliphatic rings. The van der Waals surface area contributed by atoms with E-state index in [1.807, 2.05) is 232 Å². The van der Waals surface area contributed by atoms with Gasteiger partial charge in [-0.15, -0.1) is 23.2 Å². The smallest absolute Gasteiger partial charge is 0.337 e. The van der Waals surface area contributed by atoms with E-state index in [9.17, 15) is 42.3 Å². The SMILES string of the molecule is CC.CC.CC.CC.CC.CC.CC.CC.CN1CCC(c2ccc(C(=O)N(C)C)cc2)(c2cccc(C(=O)O)c2)CC1.CN1CCC(c2ccc(C(=O)N(C)C)cc2)(c2cccc(N)c2)CC1.CN1CCC(c2ccc(C(=O)N(C)C)cc2)(c2cccc(NS(C)(=O)=O)c2)CC1.COC(=O)c1cccc(C2(c3ccc(C(=O)N(C)C)cc3)CCN(C)CC2)c1.ClCCl. The Labute approximate surface area is 783 Å². The van der Waals surface area contributed by atoms with Crippen LogP contribution in [0.3, 0.4) is 0 Å². The van der Waals surface area contributed by atoms with Crippen molar-refractivity contribution in [2.45, 2.75) is 184 Å². The van der Waals surface area contributed by atoms with E-state index in [1.165, 1.54) is 23.8 Å². The summed E-state index contributed by atoms with van der Waals surface area (Å²) < 4.78 is 30.9. The molecular weight excluding hydrogens is 1660 g/mol. The average molecular weight is 1830 g/mol. The minimum absolute atomic E-state index is 0.00309. The number of carbonyl (C=O) groups is 6. The molecule has 20 nitrogen and oxygen atoms in total.